The van der Waals surface area contributed by atoms with Crippen molar-refractivity contribution in [3.05, 3.63) is 70.8 Å². The van der Waals surface area contributed by atoms with Gasteiger partial charge in [0.05, 0.1) is 23.8 Å². The number of carbonyl (C=O) groups excluding carboxylic acids is 1. The predicted molar refractivity (Wildman–Crippen MR) is 109 cm³/mol. The van der Waals surface area contributed by atoms with Gasteiger partial charge < -0.3 is 10.1 Å². The lowest BCUT2D eigenvalue weighted by atomic mass is 10.2. The highest BCUT2D eigenvalue weighted by Crippen LogP contribution is 2.13. The summed E-state index contributed by atoms with van der Waals surface area (Å²) >= 11 is 0. The van der Waals surface area contributed by atoms with Gasteiger partial charge in [-0.15, -0.1) is 0 Å². The van der Waals surface area contributed by atoms with Crippen LogP contribution in [-0.4, -0.2) is 22.1 Å². The molecule has 6 heteroatoms. The first-order valence-corrected chi connectivity index (χ1v) is 9.45. The lowest BCUT2D eigenvalue weighted by molar-refractivity contribution is -0.121. The molecule has 0 aliphatic rings. The number of aromatic nitrogens is 2. The van der Waals surface area contributed by atoms with E-state index in [4.69, 9.17) is 4.74 Å². The summed E-state index contributed by atoms with van der Waals surface area (Å²) < 4.78 is 7.13. The Kier molecular flexibility index (Phi) is 6.42. The summed E-state index contributed by atoms with van der Waals surface area (Å²) in [5.41, 5.74) is 1.53. The van der Waals surface area contributed by atoms with E-state index in [0.717, 1.165) is 11.3 Å². The minimum absolute atomic E-state index is 0.111. The molecule has 1 amide bonds. The Bertz CT molecular complexity index is 994. The maximum Gasteiger partial charge on any atom is 0.261 e. The first-order valence-electron chi connectivity index (χ1n) is 9.45. The number of nitrogens with one attached hydrogen (secondary N) is 1. The zero-order chi connectivity index (χ0) is 19.9. The molecular weight excluding hydrogens is 354 g/mol. The van der Waals surface area contributed by atoms with Gasteiger partial charge in [0.2, 0.25) is 5.91 Å². The van der Waals surface area contributed by atoms with E-state index in [-0.39, 0.29) is 17.9 Å². The Morgan fingerprint density at radius 1 is 1.14 bits per heavy atom. The number of aryl methyl sites for hydroxylation is 1. The van der Waals surface area contributed by atoms with Gasteiger partial charge in [0.25, 0.3) is 5.56 Å². The van der Waals surface area contributed by atoms with Crippen molar-refractivity contribution in [3.63, 3.8) is 0 Å². The fourth-order valence-corrected chi connectivity index (χ4v) is 2.74. The van der Waals surface area contributed by atoms with Crippen molar-refractivity contribution in [2.75, 3.05) is 6.61 Å². The zero-order valence-corrected chi connectivity index (χ0v) is 16.2. The van der Waals surface area contributed by atoms with Crippen molar-refractivity contribution in [2.24, 2.45) is 5.92 Å². The molecule has 1 heterocycles. The second-order valence-corrected chi connectivity index (χ2v) is 7.14. The van der Waals surface area contributed by atoms with E-state index in [9.17, 15) is 9.59 Å². The number of para-hydroxylation sites is 1. The number of carbonyl (C=O) groups is 1. The normalized spacial score (nSPS) is 11.0. The fraction of sp³-hybridized carbons (Fsp3) is 0.318. The number of rotatable bonds is 8. The number of hydrogen-bond donors (Lipinski definition) is 1. The summed E-state index contributed by atoms with van der Waals surface area (Å²) in [5.74, 6) is 1.19. The van der Waals surface area contributed by atoms with Crippen LogP contribution in [0.4, 0.5) is 0 Å². The van der Waals surface area contributed by atoms with E-state index in [2.05, 4.69) is 24.1 Å². The standard InChI is InChI=1S/C22H25N3O3/c1-16(2)14-28-18-9-7-17(8-10-18)13-23-21(26)11-12-25-15-24-20-6-4-3-5-19(20)22(25)27/h3-10,15-16H,11-14H2,1-2H3,(H,23,26). The predicted octanol–water partition coefficient (Wildman–Crippen LogP) is 3.14. The van der Waals surface area contributed by atoms with Crippen LogP contribution in [-0.2, 0) is 17.9 Å². The molecule has 1 N–H and O–H groups in total. The number of amides is 1. The zero-order valence-electron chi connectivity index (χ0n) is 16.2. The molecule has 0 unspecified atom stereocenters. The van der Waals surface area contributed by atoms with Gasteiger partial charge in [-0.2, -0.15) is 0 Å². The second kappa shape index (κ2) is 9.17. The van der Waals surface area contributed by atoms with Crippen LogP contribution in [0.5, 0.6) is 5.75 Å². The molecule has 3 rings (SSSR count). The number of fused-ring (bicyclic) bond motifs is 1. The number of benzene rings is 2. The third-order valence-corrected chi connectivity index (χ3v) is 4.31. The molecule has 0 spiro atoms. The summed E-state index contributed by atoms with van der Waals surface area (Å²) in [6, 6.07) is 14.9. The van der Waals surface area contributed by atoms with Gasteiger partial charge in [0, 0.05) is 19.5 Å². The minimum atomic E-state index is -0.129. The molecule has 2 aromatic carbocycles. The topological polar surface area (TPSA) is 73.2 Å². The van der Waals surface area contributed by atoms with Gasteiger partial charge in [-0.3, -0.25) is 14.2 Å². The van der Waals surface area contributed by atoms with Crippen LogP contribution < -0.4 is 15.6 Å². The molecule has 0 bridgehead atoms. The molecule has 0 aliphatic heterocycles. The van der Waals surface area contributed by atoms with Gasteiger partial charge >= 0.3 is 0 Å². The Hall–Kier alpha value is -3.15. The summed E-state index contributed by atoms with van der Waals surface area (Å²) in [5, 5.41) is 3.44. The van der Waals surface area contributed by atoms with Crippen molar-refractivity contribution in [1.82, 2.24) is 14.9 Å². The van der Waals surface area contributed by atoms with Gasteiger partial charge in [0.1, 0.15) is 5.75 Å². The number of nitrogens with zero attached hydrogens (tertiary/aromatic N) is 2. The van der Waals surface area contributed by atoms with Crippen LogP contribution in [0, 0.1) is 5.92 Å². The average Bonchev–Trinajstić information content (AvgIpc) is 2.71. The van der Waals surface area contributed by atoms with Gasteiger partial charge in [0.15, 0.2) is 0 Å². The third-order valence-electron chi connectivity index (χ3n) is 4.31. The highest BCUT2D eigenvalue weighted by atomic mass is 16.5. The van der Waals surface area contributed by atoms with Crippen LogP contribution in [0.2, 0.25) is 0 Å². The number of ether oxygens (including phenoxy) is 1. The quantitative estimate of drug-likeness (QED) is 0.653. The molecule has 0 saturated heterocycles. The van der Waals surface area contributed by atoms with E-state index < -0.39 is 0 Å². The Labute approximate surface area is 164 Å². The van der Waals surface area contributed by atoms with Crippen molar-refractivity contribution < 1.29 is 9.53 Å². The molecule has 6 nitrogen and oxygen atoms in total. The van der Waals surface area contributed by atoms with Crippen molar-refractivity contribution in [3.8, 4) is 5.75 Å². The maximum atomic E-state index is 12.4. The molecule has 0 atom stereocenters. The van der Waals surface area contributed by atoms with Crippen LogP contribution in [0.3, 0.4) is 0 Å². The molecule has 1 aromatic heterocycles. The van der Waals surface area contributed by atoms with Gasteiger partial charge in [-0.05, 0) is 35.7 Å². The maximum absolute atomic E-state index is 12.4. The largest absolute Gasteiger partial charge is 0.493 e. The molecule has 3 aromatic rings. The summed E-state index contributed by atoms with van der Waals surface area (Å²) in [7, 11) is 0. The average molecular weight is 379 g/mol. The van der Waals surface area contributed by atoms with Crippen molar-refractivity contribution in [2.45, 2.75) is 33.4 Å². The van der Waals surface area contributed by atoms with Gasteiger partial charge in [-0.1, -0.05) is 38.1 Å². The number of hydrogen-bond acceptors (Lipinski definition) is 4. The first kappa shape index (κ1) is 19.6. The summed E-state index contributed by atoms with van der Waals surface area (Å²) in [6.45, 7) is 5.62. The van der Waals surface area contributed by atoms with Crippen LogP contribution in [0.1, 0.15) is 25.8 Å². The summed E-state index contributed by atoms with van der Waals surface area (Å²) in [4.78, 5) is 28.8. The molecule has 146 valence electrons. The van der Waals surface area contributed by atoms with Crippen molar-refractivity contribution in [1.29, 1.82) is 0 Å². The second-order valence-electron chi connectivity index (χ2n) is 7.14. The first-order chi connectivity index (χ1) is 13.5. The molecular formula is C22H25N3O3. The monoisotopic (exact) mass is 379 g/mol. The fourth-order valence-electron chi connectivity index (χ4n) is 2.74. The molecule has 28 heavy (non-hydrogen) atoms. The van der Waals surface area contributed by atoms with Crippen LogP contribution in [0.25, 0.3) is 10.9 Å². The molecule has 0 saturated carbocycles. The Morgan fingerprint density at radius 2 is 1.89 bits per heavy atom. The third kappa shape index (κ3) is 5.19. The van der Waals surface area contributed by atoms with E-state index in [1.165, 1.54) is 10.9 Å². The summed E-state index contributed by atoms with van der Waals surface area (Å²) in [6.07, 6.45) is 1.71. The van der Waals surface area contributed by atoms with E-state index in [1.54, 1.807) is 12.1 Å². The van der Waals surface area contributed by atoms with Crippen LogP contribution in [0.15, 0.2) is 59.7 Å². The SMILES string of the molecule is CC(C)COc1ccc(CNC(=O)CCn2cnc3ccccc3c2=O)cc1. The van der Waals surface area contributed by atoms with Crippen molar-refractivity contribution >= 4 is 16.8 Å². The Morgan fingerprint density at radius 3 is 2.64 bits per heavy atom. The van der Waals surface area contributed by atoms with Gasteiger partial charge in [-0.25, -0.2) is 4.98 Å². The highest BCUT2D eigenvalue weighted by molar-refractivity contribution is 5.77. The van der Waals surface area contributed by atoms with E-state index >= 15 is 0 Å². The molecule has 0 fully saturated rings. The highest BCUT2D eigenvalue weighted by Gasteiger charge is 2.07. The lowest BCUT2D eigenvalue weighted by Crippen LogP contribution is -2.27. The molecule has 0 aliphatic carbocycles. The van der Waals surface area contributed by atoms with E-state index in [0.29, 0.717) is 36.5 Å². The Balaban J connectivity index is 1.50. The minimum Gasteiger partial charge on any atom is -0.493 e. The van der Waals surface area contributed by atoms with Crippen LogP contribution >= 0.6 is 0 Å². The molecule has 0 radical (unpaired) electrons. The van der Waals surface area contributed by atoms with E-state index in [1.807, 2.05) is 36.4 Å². The lowest BCUT2D eigenvalue weighted by Gasteiger charge is -2.10. The smallest absolute Gasteiger partial charge is 0.261 e.